The van der Waals surface area contributed by atoms with Crippen molar-refractivity contribution in [1.29, 1.82) is 0 Å². The summed E-state index contributed by atoms with van der Waals surface area (Å²) in [6.07, 6.45) is 43.9. The van der Waals surface area contributed by atoms with Crippen LogP contribution in [0.5, 0.6) is 0 Å². The van der Waals surface area contributed by atoms with Crippen molar-refractivity contribution < 1.29 is 19.1 Å². The molecule has 0 unspecified atom stereocenters. The fraction of sp³-hybridized carbons (Fsp3) is 0.950. The summed E-state index contributed by atoms with van der Waals surface area (Å²) in [6, 6.07) is 0. The van der Waals surface area contributed by atoms with Gasteiger partial charge in [0.1, 0.15) is 0 Å². The Hall–Kier alpha value is -1.10. The summed E-state index contributed by atoms with van der Waals surface area (Å²) in [6.45, 7) is 8.73. The maximum absolute atomic E-state index is 10.6. The molecule has 0 aromatic heterocycles. The molecule has 0 amide bonds. The lowest BCUT2D eigenvalue weighted by molar-refractivity contribution is -0.142. The molecule has 5 heteroatoms. The third-order valence-corrected chi connectivity index (χ3v) is 8.61. The molecule has 0 aromatic carbocycles. The first kappa shape index (κ1) is 48.3. The third-order valence-electron chi connectivity index (χ3n) is 8.61. The number of unbranched alkanes of at least 4 members (excludes halogenated alkanes) is 30. The van der Waals surface area contributed by atoms with Crippen molar-refractivity contribution in [3.63, 3.8) is 0 Å². The monoisotopic (exact) mass is 642 g/mol. The summed E-state index contributed by atoms with van der Waals surface area (Å²) in [5, 5.41) is 0. The molecule has 0 saturated carbocycles. The molecule has 0 spiro atoms. The summed E-state index contributed by atoms with van der Waals surface area (Å²) in [5.74, 6) is -0.304. The number of esters is 2. The SMILES string of the molecule is CCCCCCCCCCCCCCCCCCOC(C)=O.CCCCCCCCCCCCCCCCCCOC(C)=O.N. The van der Waals surface area contributed by atoms with E-state index in [0.29, 0.717) is 13.2 Å². The van der Waals surface area contributed by atoms with Gasteiger partial charge in [0.25, 0.3) is 0 Å². The van der Waals surface area contributed by atoms with Crippen LogP contribution in [0.2, 0.25) is 0 Å². The molecule has 0 aliphatic heterocycles. The molecule has 0 bridgehead atoms. The van der Waals surface area contributed by atoms with Crippen LogP contribution in [0.25, 0.3) is 0 Å². The van der Waals surface area contributed by atoms with Gasteiger partial charge in [-0.1, -0.05) is 206 Å². The Balaban J connectivity index is -0.000000767. The molecule has 0 atom stereocenters. The van der Waals surface area contributed by atoms with E-state index in [2.05, 4.69) is 13.8 Å². The van der Waals surface area contributed by atoms with Gasteiger partial charge in [-0.2, -0.15) is 0 Å². The summed E-state index contributed by atoms with van der Waals surface area (Å²) in [5.41, 5.74) is 0. The highest BCUT2D eigenvalue weighted by Crippen LogP contribution is 2.15. The van der Waals surface area contributed by atoms with Gasteiger partial charge in [-0.3, -0.25) is 9.59 Å². The second-order valence-electron chi connectivity index (χ2n) is 13.3. The topological polar surface area (TPSA) is 87.6 Å². The number of hydrogen-bond donors (Lipinski definition) is 1. The lowest BCUT2D eigenvalue weighted by Crippen LogP contribution is -2.00. The van der Waals surface area contributed by atoms with Gasteiger partial charge >= 0.3 is 11.9 Å². The van der Waals surface area contributed by atoms with E-state index in [4.69, 9.17) is 9.47 Å². The van der Waals surface area contributed by atoms with Gasteiger partial charge in [0, 0.05) is 13.8 Å². The molecule has 0 rings (SSSR count). The quantitative estimate of drug-likeness (QED) is 0.0558. The molecule has 0 saturated heterocycles. The predicted octanol–water partition coefficient (Wildman–Crippen LogP) is 13.8. The zero-order valence-electron chi connectivity index (χ0n) is 31.4. The molecule has 0 fully saturated rings. The van der Waals surface area contributed by atoms with Crippen LogP contribution in [0.4, 0.5) is 0 Å². The van der Waals surface area contributed by atoms with E-state index < -0.39 is 0 Å². The maximum Gasteiger partial charge on any atom is 0.302 e. The molecule has 0 heterocycles. The number of carbonyl (C=O) groups is 2. The zero-order chi connectivity index (χ0) is 32.6. The minimum Gasteiger partial charge on any atom is -0.466 e. The second-order valence-corrected chi connectivity index (χ2v) is 13.3. The van der Waals surface area contributed by atoms with Crippen LogP contribution in [0, 0.1) is 0 Å². The molecule has 0 aromatic rings. The van der Waals surface area contributed by atoms with Crippen LogP contribution in [-0.2, 0) is 19.1 Å². The highest BCUT2D eigenvalue weighted by molar-refractivity contribution is 5.66. The van der Waals surface area contributed by atoms with E-state index >= 15 is 0 Å². The largest absolute Gasteiger partial charge is 0.466 e. The number of carbonyl (C=O) groups excluding carboxylic acids is 2. The Morgan fingerprint density at radius 3 is 0.622 bits per heavy atom. The number of rotatable bonds is 34. The van der Waals surface area contributed by atoms with Gasteiger partial charge in [-0.15, -0.1) is 0 Å². The molecule has 272 valence electrons. The van der Waals surface area contributed by atoms with Crippen molar-refractivity contribution in [2.75, 3.05) is 13.2 Å². The van der Waals surface area contributed by atoms with Crippen LogP contribution < -0.4 is 6.15 Å². The second kappa shape index (κ2) is 45.0. The lowest BCUT2D eigenvalue weighted by Gasteiger charge is -2.04. The zero-order valence-corrected chi connectivity index (χ0v) is 31.4. The van der Waals surface area contributed by atoms with Gasteiger partial charge in [0.2, 0.25) is 0 Å². The van der Waals surface area contributed by atoms with Crippen molar-refractivity contribution in [2.45, 2.75) is 233 Å². The molecule has 0 aliphatic carbocycles. The first-order chi connectivity index (χ1) is 21.5. The molecule has 45 heavy (non-hydrogen) atoms. The highest BCUT2D eigenvalue weighted by Gasteiger charge is 1.97. The maximum atomic E-state index is 10.6. The van der Waals surface area contributed by atoms with Crippen LogP contribution in [0.1, 0.15) is 233 Å². The minimum atomic E-state index is -0.152. The molecular formula is C40H83NO4. The molecule has 0 aliphatic rings. The standard InChI is InChI=1S/2C20H40O2.H3N/c2*1-3-4-5-6-7-8-9-10-11-12-13-14-15-16-17-18-19-22-20(2)21;/h2*3-19H2,1-2H3;1H3. The van der Waals surface area contributed by atoms with Crippen LogP contribution in [0.15, 0.2) is 0 Å². The number of ether oxygens (including phenoxy) is 2. The smallest absolute Gasteiger partial charge is 0.302 e. The normalized spacial score (nSPS) is 10.6. The van der Waals surface area contributed by atoms with E-state index in [-0.39, 0.29) is 18.1 Å². The summed E-state index contributed by atoms with van der Waals surface area (Å²) in [7, 11) is 0. The van der Waals surface area contributed by atoms with E-state index in [1.165, 1.54) is 206 Å². The van der Waals surface area contributed by atoms with Crippen molar-refractivity contribution in [2.24, 2.45) is 0 Å². The molecule has 5 nitrogen and oxygen atoms in total. The van der Waals surface area contributed by atoms with E-state index in [1.807, 2.05) is 0 Å². The van der Waals surface area contributed by atoms with Gasteiger partial charge in [-0.25, -0.2) is 0 Å². The van der Waals surface area contributed by atoms with Crippen molar-refractivity contribution in [3.8, 4) is 0 Å². The van der Waals surface area contributed by atoms with Gasteiger partial charge in [0.05, 0.1) is 13.2 Å². The Labute approximate surface area is 283 Å². The molecule has 0 radical (unpaired) electrons. The van der Waals surface area contributed by atoms with Crippen LogP contribution >= 0.6 is 0 Å². The van der Waals surface area contributed by atoms with Crippen molar-refractivity contribution in [1.82, 2.24) is 6.15 Å². The molecule has 3 N–H and O–H groups in total. The summed E-state index contributed by atoms with van der Waals surface area (Å²) in [4.78, 5) is 21.2. The fourth-order valence-corrected chi connectivity index (χ4v) is 5.73. The Morgan fingerprint density at radius 1 is 0.311 bits per heavy atom. The van der Waals surface area contributed by atoms with Gasteiger partial charge in [-0.05, 0) is 12.8 Å². The van der Waals surface area contributed by atoms with Crippen LogP contribution in [-0.4, -0.2) is 25.2 Å². The predicted molar refractivity (Wildman–Crippen MR) is 197 cm³/mol. The van der Waals surface area contributed by atoms with Gasteiger partial charge in [0.15, 0.2) is 0 Å². The first-order valence-electron chi connectivity index (χ1n) is 19.8. The average molecular weight is 642 g/mol. The summed E-state index contributed by atoms with van der Waals surface area (Å²) >= 11 is 0. The van der Waals surface area contributed by atoms with Crippen molar-refractivity contribution in [3.05, 3.63) is 0 Å². The first-order valence-corrected chi connectivity index (χ1v) is 19.8. The van der Waals surface area contributed by atoms with E-state index in [9.17, 15) is 9.59 Å². The highest BCUT2D eigenvalue weighted by atomic mass is 16.5. The summed E-state index contributed by atoms with van der Waals surface area (Å²) < 4.78 is 9.84. The third kappa shape index (κ3) is 52.7. The Kier molecular flexibility index (Phi) is 48.3. The van der Waals surface area contributed by atoms with E-state index in [0.717, 1.165) is 12.8 Å². The van der Waals surface area contributed by atoms with Crippen LogP contribution in [0.3, 0.4) is 0 Å². The van der Waals surface area contributed by atoms with Crippen molar-refractivity contribution >= 4 is 11.9 Å². The Bertz CT molecular complexity index is 506. The number of hydrogen-bond acceptors (Lipinski definition) is 5. The minimum absolute atomic E-state index is 0. The molecular weight excluding hydrogens is 558 g/mol. The van der Waals surface area contributed by atoms with Gasteiger partial charge < -0.3 is 15.6 Å². The van der Waals surface area contributed by atoms with E-state index in [1.54, 1.807) is 0 Å². The fourth-order valence-electron chi connectivity index (χ4n) is 5.73. The lowest BCUT2D eigenvalue weighted by atomic mass is 10.0. The Morgan fingerprint density at radius 2 is 0.467 bits per heavy atom. The average Bonchev–Trinajstić information content (AvgIpc) is 3.00.